The maximum atomic E-state index is 11.7. The first-order valence-electron chi connectivity index (χ1n) is 7.88. The molecule has 0 aromatic heterocycles. The summed E-state index contributed by atoms with van der Waals surface area (Å²) in [7, 11) is 0. The molecule has 8 heteroatoms. The summed E-state index contributed by atoms with van der Waals surface area (Å²) in [5, 5.41) is 29.4. The molecule has 1 aromatic carbocycles. The fourth-order valence-corrected chi connectivity index (χ4v) is 3.03. The number of carboxylic acid groups (broad SMARTS) is 1. The Labute approximate surface area is 134 Å². The van der Waals surface area contributed by atoms with E-state index in [4.69, 9.17) is 9.39 Å². The number of ether oxygens (including phenoxy) is 1. The number of hydrogen-bond acceptors (Lipinski definition) is 6. The number of likely N-dealkylation sites (tertiary alicyclic amines) is 1. The van der Waals surface area contributed by atoms with E-state index in [9.17, 15) is 19.9 Å². The molecule has 3 N–H and O–H groups in total. The standard InChI is InChI=1S/C15H21BNO6/c1-3-17-7-11(8-17)22-12-5-4-10-6-9(2)16(20,21)23-14(10)13(12)15(18)19/h4-5,9,11,20-21H,3,6-8H2,1-2H3,(H,18,19)/q-1. The number of rotatable bonds is 4. The van der Waals surface area contributed by atoms with Crippen LogP contribution in [-0.4, -0.2) is 58.5 Å². The number of benzene rings is 1. The normalized spacial score (nSPS) is 23.6. The number of likely N-dealkylation sites (N-methyl/N-ethyl adjacent to an activating group) is 1. The minimum atomic E-state index is -3.08. The van der Waals surface area contributed by atoms with Crippen molar-refractivity contribution < 1.29 is 29.3 Å². The number of carboxylic acids is 1. The summed E-state index contributed by atoms with van der Waals surface area (Å²) in [6.07, 6.45) is 0.280. The quantitative estimate of drug-likeness (QED) is 0.702. The zero-order valence-corrected chi connectivity index (χ0v) is 13.2. The Hall–Kier alpha value is -1.77. The summed E-state index contributed by atoms with van der Waals surface area (Å²) >= 11 is 0. The van der Waals surface area contributed by atoms with Crippen LogP contribution in [0.4, 0.5) is 0 Å². The average Bonchev–Trinajstić information content (AvgIpc) is 2.42. The van der Waals surface area contributed by atoms with Crippen LogP contribution >= 0.6 is 0 Å². The van der Waals surface area contributed by atoms with E-state index in [0.29, 0.717) is 12.0 Å². The second kappa shape index (κ2) is 5.70. The molecule has 0 aliphatic carbocycles. The molecule has 7 nitrogen and oxygen atoms in total. The predicted molar refractivity (Wildman–Crippen MR) is 83.9 cm³/mol. The van der Waals surface area contributed by atoms with Gasteiger partial charge in [-0.25, -0.2) is 4.79 Å². The average molecular weight is 322 g/mol. The van der Waals surface area contributed by atoms with E-state index in [2.05, 4.69) is 11.8 Å². The zero-order valence-electron chi connectivity index (χ0n) is 13.2. The molecule has 1 fully saturated rings. The van der Waals surface area contributed by atoms with Crippen LogP contribution in [0.5, 0.6) is 11.5 Å². The Kier molecular flexibility index (Phi) is 3.99. The van der Waals surface area contributed by atoms with Gasteiger partial charge >= 0.3 is 12.7 Å². The van der Waals surface area contributed by atoms with Crippen molar-refractivity contribution in [1.29, 1.82) is 0 Å². The number of fused-ring (bicyclic) bond motifs is 1. The van der Waals surface area contributed by atoms with Gasteiger partial charge in [-0.3, -0.25) is 4.90 Å². The molecule has 2 heterocycles. The molecule has 0 amide bonds. The third kappa shape index (κ3) is 2.89. The summed E-state index contributed by atoms with van der Waals surface area (Å²) in [6.45, 7) is 3.05. The largest absolute Gasteiger partial charge is 0.669 e. The van der Waals surface area contributed by atoms with E-state index in [-0.39, 0.29) is 23.2 Å². The first kappa shape index (κ1) is 16.1. The van der Waals surface area contributed by atoms with Gasteiger partial charge in [0.25, 0.3) is 0 Å². The van der Waals surface area contributed by atoms with Gasteiger partial charge in [0.15, 0.2) is 0 Å². The highest BCUT2D eigenvalue weighted by atomic mass is 16.6. The van der Waals surface area contributed by atoms with Gasteiger partial charge in [-0.1, -0.05) is 25.7 Å². The van der Waals surface area contributed by atoms with E-state index in [1.165, 1.54) is 0 Å². The van der Waals surface area contributed by atoms with Crippen LogP contribution < -0.4 is 9.39 Å². The molecular weight excluding hydrogens is 301 g/mol. The van der Waals surface area contributed by atoms with Crippen molar-refractivity contribution in [2.75, 3.05) is 19.6 Å². The molecule has 0 spiro atoms. The van der Waals surface area contributed by atoms with Gasteiger partial charge in [0.2, 0.25) is 0 Å². The molecule has 126 valence electrons. The number of nitrogens with zero attached hydrogens (tertiary/aromatic N) is 1. The second-order valence-electron chi connectivity index (χ2n) is 6.38. The van der Waals surface area contributed by atoms with Crippen molar-refractivity contribution in [3.8, 4) is 11.5 Å². The molecule has 1 saturated heterocycles. The summed E-state index contributed by atoms with van der Waals surface area (Å²) in [5.74, 6) is -1.49. The molecule has 1 aromatic rings. The SMILES string of the molecule is CCN1CC(Oc2ccc3c(c2C(=O)O)O[B-](O)(O)C(C)C3)C1. The lowest BCUT2D eigenvalue weighted by atomic mass is 9.60. The van der Waals surface area contributed by atoms with Gasteiger partial charge in [-0.15, -0.1) is 0 Å². The van der Waals surface area contributed by atoms with E-state index in [1.807, 2.05) is 0 Å². The Bertz CT molecular complexity index is 629. The lowest BCUT2D eigenvalue weighted by molar-refractivity contribution is 0.0224. The topological polar surface area (TPSA) is 99.5 Å². The molecular formula is C15H21BNO6-. The lowest BCUT2D eigenvalue weighted by Crippen LogP contribution is -2.53. The molecule has 0 bridgehead atoms. The van der Waals surface area contributed by atoms with Crippen molar-refractivity contribution in [1.82, 2.24) is 4.90 Å². The van der Waals surface area contributed by atoms with Crippen LogP contribution in [0.3, 0.4) is 0 Å². The predicted octanol–water partition coefficient (Wildman–Crippen LogP) is 0.716. The van der Waals surface area contributed by atoms with Crippen molar-refractivity contribution in [3.05, 3.63) is 23.3 Å². The van der Waals surface area contributed by atoms with Gasteiger partial charge in [-0.2, -0.15) is 0 Å². The summed E-state index contributed by atoms with van der Waals surface area (Å²) in [6, 6.07) is 3.36. The molecule has 1 unspecified atom stereocenters. The fraction of sp³-hybridized carbons (Fsp3) is 0.533. The van der Waals surface area contributed by atoms with Gasteiger partial charge < -0.3 is 24.5 Å². The van der Waals surface area contributed by atoms with Crippen molar-refractivity contribution in [2.45, 2.75) is 32.2 Å². The maximum Gasteiger partial charge on any atom is 0.433 e. The molecule has 1 atom stereocenters. The Morgan fingerprint density at radius 2 is 2.13 bits per heavy atom. The third-order valence-corrected chi connectivity index (χ3v) is 4.65. The van der Waals surface area contributed by atoms with E-state index in [1.54, 1.807) is 19.1 Å². The lowest BCUT2D eigenvalue weighted by Gasteiger charge is -2.43. The van der Waals surface area contributed by atoms with Gasteiger partial charge in [0.1, 0.15) is 17.4 Å². The summed E-state index contributed by atoms with van der Waals surface area (Å²) in [4.78, 5) is 13.8. The van der Waals surface area contributed by atoms with Gasteiger partial charge in [0.05, 0.1) is 5.75 Å². The smallest absolute Gasteiger partial charge is 0.433 e. The number of hydrogen-bond donors (Lipinski definition) is 3. The second-order valence-corrected chi connectivity index (χ2v) is 6.38. The maximum absolute atomic E-state index is 11.7. The van der Waals surface area contributed by atoms with Crippen LogP contribution in [0.25, 0.3) is 0 Å². The van der Waals surface area contributed by atoms with Gasteiger partial charge in [0, 0.05) is 13.1 Å². The minimum absolute atomic E-state index is 0.00442. The van der Waals surface area contributed by atoms with Crippen molar-refractivity contribution in [3.63, 3.8) is 0 Å². The highest BCUT2D eigenvalue weighted by Gasteiger charge is 2.39. The Morgan fingerprint density at radius 3 is 2.74 bits per heavy atom. The van der Waals surface area contributed by atoms with Crippen molar-refractivity contribution in [2.24, 2.45) is 0 Å². The highest BCUT2D eigenvalue weighted by molar-refractivity contribution is 6.60. The molecule has 23 heavy (non-hydrogen) atoms. The number of aromatic carboxylic acids is 1. The summed E-state index contributed by atoms with van der Waals surface area (Å²) in [5.41, 5.74) is 0.505. The molecule has 0 saturated carbocycles. The van der Waals surface area contributed by atoms with E-state index in [0.717, 1.165) is 19.6 Å². The van der Waals surface area contributed by atoms with Crippen molar-refractivity contribution >= 4 is 12.7 Å². The minimum Gasteiger partial charge on any atom is -0.669 e. The first-order chi connectivity index (χ1) is 10.8. The Morgan fingerprint density at radius 1 is 1.43 bits per heavy atom. The highest BCUT2D eigenvalue weighted by Crippen LogP contribution is 2.41. The Balaban J connectivity index is 1.91. The summed E-state index contributed by atoms with van der Waals surface area (Å²) < 4.78 is 11.0. The first-order valence-corrected chi connectivity index (χ1v) is 7.88. The number of carbonyl (C=O) groups is 1. The van der Waals surface area contributed by atoms with Crippen LogP contribution in [0.1, 0.15) is 29.8 Å². The van der Waals surface area contributed by atoms with Crippen LogP contribution in [0.15, 0.2) is 12.1 Å². The molecule has 0 radical (unpaired) electrons. The molecule has 2 aliphatic heterocycles. The van der Waals surface area contributed by atoms with E-state index >= 15 is 0 Å². The van der Waals surface area contributed by atoms with Crippen LogP contribution in [0, 0.1) is 0 Å². The fourth-order valence-electron chi connectivity index (χ4n) is 3.03. The monoisotopic (exact) mass is 322 g/mol. The third-order valence-electron chi connectivity index (χ3n) is 4.65. The van der Waals surface area contributed by atoms with E-state index < -0.39 is 18.5 Å². The van der Waals surface area contributed by atoms with Crippen LogP contribution in [0.2, 0.25) is 5.82 Å². The molecule has 3 rings (SSSR count). The van der Waals surface area contributed by atoms with Gasteiger partial charge in [-0.05, 0) is 24.6 Å². The zero-order chi connectivity index (χ0) is 16.8. The molecule has 2 aliphatic rings. The van der Waals surface area contributed by atoms with Crippen LogP contribution in [-0.2, 0) is 6.42 Å².